The molecule has 0 saturated heterocycles. The van der Waals surface area contributed by atoms with Gasteiger partial charge in [-0.05, 0) is 11.6 Å². The second-order valence-corrected chi connectivity index (χ2v) is 3.48. The molecule has 0 radical (unpaired) electrons. The quantitative estimate of drug-likeness (QED) is 0.534. The molecular weight excluding hydrogens is 212 g/mol. The van der Waals surface area contributed by atoms with Gasteiger partial charge in [0.1, 0.15) is 0 Å². The first-order valence-corrected chi connectivity index (χ1v) is 4.86. The van der Waals surface area contributed by atoms with Crippen LogP contribution in [0, 0.1) is 5.92 Å². The highest BCUT2D eigenvalue weighted by Crippen LogP contribution is 2.03. The molecule has 0 aromatic carbocycles. The fourth-order valence-electron chi connectivity index (χ4n) is 1.32. The van der Waals surface area contributed by atoms with Crippen LogP contribution in [0.5, 0.6) is 0 Å². The molecule has 0 aliphatic heterocycles. The summed E-state index contributed by atoms with van der Waals surface area (Å²) in [5.41, 5.74) is 1.000. The highest BCUT2D eigenvalue weighted by atomic mass is 16.4. The highest BCUT2D eigenvalue weighted by molar-refractivity contribution is 5.77. The van der Waals surface area contributed by atoms with Gasteiger partial charge in [-0.25, -0.2) is 0 Å². The largest absolute Gasteiger partial charge is 0.481 e. The lowest BCUT2D eigenvalue weighted by Crippen LogP contribution is -2.29. The summed E-state index contributed by atoms with van der Waals surface area (Å²) in [6, 6.07) is 1.86. The van der Waals surface area contributed by atoms with Crippen LogP contribution in [-0.2, 0) is 16.1 Å². The Morgan fingerprint density at radius 3 is 2.69 bits per heavy atom. The molecule has 0 aliphatic carbocycles. The van der Waals surface area contributed by atoms with Gasteiger partial charge in [-0.2, -0.15) is 0 Å². The van der Waals surface area contributed by atoms with Gasteiger partial charge in [0.2, 0.25) is 0 Å². The third kappa shape index (κ3) is 4.14. The molecule has 1 unspecified atom stereocenters. The third-order valence-corrected chi connectivity index (χ3v) is 2.15. The molecule has 6 nitrogen and oxygen atoms in total. The van der Waals surface area contributed by atoms with Crippen LogP contribution in [0.4, 0.5) is 0 Å². The van der Waals surface area contributed by atoms with Crippen molar-refractivity contribution in [3.05, 3.63) is 24.0 Å². The fourth-order valence-corrected chi connectivity index (χ4v) is 1.32. The van der Waals surface area contributed by atoms with Crippen LogP contribution >= 0.6 is 0 Å². The van der Waals surface area contributed by atoms with E-state index in [2.05, 4.69) is 10.3 Å². The summed E-state index contributed by atoms with van der Waals surface area (Å²) in [5, 5.41) is 20.2. The van der Waals surface area contributed by atoms with Gasteiger partial charge < -0.3 is 20.5 Å². The summed E-state index contributed by atoms with van der Waals surface area (Å²) < 4.78 is 0. The number of aromatic nitrogens is 1. The molecule has 1 rings (SSSR count). The number of hydrogen-bond donors (Lipinski definition) is 4. The number of rotatable bonds is 7. The van der Waals surface area contributed by atoms with E-state index in [1.165, 1.54) is 0 Å². The van der Waals surface area contributed by atoms with Crippen LogP contribution < -0.4 is 5.32 Å². The van der Waals surface area contributed by atoms with E-state index in [0.29, 0.717) is 6.54 Å². The van der Waals surface area contributed by atoms with E-state index in [0.717, 1.165) is 5.56 Å². The molecule has 1 aromatic heterocycles. The van der Waals surface area contributed by atoms with E-state index in [9.17, 15) is 9.59 Å². The normalized spacial score (nSPS) is 12.2. The van der Waals surface area contributed by atoms with Crippen LogP contribution in [0.2, 0.25) is 0 Å². The molecule has 6 heteroatoms. The lowest BCUT2D eigenvalue weighted by atomic mass is 10.1. The van der Waals surface area contributed by atoms with Gasteiger partial charge in [0.05, 0.1) is 12.3 Å². The second kappa shape index (κ2) is 5.92. The van der Waals surface area contributed by atoms with Crippen molar-refractivity contribution in [2.24, 2.45) is 5.92 Å². The van der Waals surface area contributed by atoms with E-state index in [4.69, 9.17) is 10.2 Å². The zero-order valence-corrected chi connectivity index (χ0v) is 8.64. The van der Waals surface area contributed by atoms with Crippen LogP contribution in [-0.4, -0.2) is 33.7 Å². The van der Waals surface area contributed by atoms with Crippen molar-refractivity contribution in [2.45, 2.75) is 13.0 Å². The number of hydrogen-bond acceptors (Lipinski definition) is 3. The molecule has 4 N–H and O–H groups in total. The lowest BCUT2D eigenvalue weighted by molar-refractivity contribution is -0.148. The van der Waals surface area contributed by atoms with Crippen molar-refractivity contribution in [1.82, 2.24) is 10.3 Å². The fraction of sp³-hybridized carbons (Fsp3) is 0.400. The Balaban J connectivity index is 2.32. The molecule has 0 spiro atoms. The van der Waals surface area contributed by atoms with Crippen LogP contribution in [0.15, 0.2) is 18.5 Å². The van der Waals surface area contributed by atoms with E-state index in [1.54, 1.807) is 12.4 Å². The number of nitrogens with one attached hydrogen (secondary N) is 2. The minimum atomic E-state index is -1.10. The van der Waals surface area contributed by atoms with Crippen molar-refractivity contribution < 1.29 is 19.8 Å². The molecule has 1 aromatic rings. The summed E-state index contributed by atoms with van der Waals surface area (Å²) in [5.74, 6) is -3.09. The molecule has 1 atom stereocenters. The monoisotopic (exact) mass is 226 g/mol. The van der Waals surface area contributed by atoms with Crippen molar-refractivity contribution in [1.29, 1.82) is 0 Å². The topological polar surface area (TPSA) is 102 Å². The predicted molar refractivity (Wildman–Crippen MR) is 55.9 cm³/mol. The lowest BCUT2D eigenvalue weighted by Gasteiger charge is -2.10. The van der Waals surface area contributed by atoms with Crippen molar-refractivity contribution in [3.63, 3.8) is 0 Å². The standard InChI is InChI=1S/C10H14N2O4/c13-9(14)3-8(10(15)16)6-12-5-7-1-2-11-4-7/h1-2,4,8,11-12H,3,5-6H2,(H,13,14)(H,15,16). The first-order valence-electron chi connectivity index (χ1n) is 4.86. The van der Waals surface area contributed by atoms with E-state index < -0.39 is 17.9 Å². The van der Waals surface area contributed by atoms with Gasteiger partial charge in [0, 0.05) is 25.5 Å². The molecule has 1 heterocycles. The molecule has 0 fully saturated rings. The molecule has 0 amide bonds. The Morgan fingerprint density at radius 2 is 2.19 bits per heavy atom. The smallest absolute Gasteiger partial charge is 0.308 e. The Morgan fingerprint density at radius 1 is 1.44 bits per heavy atom. The third-order valence-electron chi connectivity index (χ3n) is 2.15. The summed E-state index contributed by atoms with van der Waals surface area (Å²) >= 11 is 0. The zero-order chi connectivity index (χ0) is 12.0. The second-order valence-electron chi connectivity index (χ2n) is 3.48. The van der Waals surface area contributed by atoms with Crippen molar-refractivity contribution >= 4 is 11.9 Å². The molecule has 0 saturated carbocycles. The Kier molecular flexibility index (Phi) is 4.53. The number of aromatic amines is 1. The van der Waals surface area contributed by atoms with Gasteiger partial charge in [-0.15, -0.1) is 0 Å². The van der Waals surface area contributed by atoms with Crippen LogP contribution in [0.3, 0.4) is 0 Å². The maximum absolute atomic E-state index is 10.7. The van der Waals surface area contributed by atoms with E-state index >= 15 is 0 Å². The average molecular weight is 226 g/mol. The number of H-pyrrole nitrogens is 1. The Hall–Kier alpha value is -1.82. The van der Waals surface area contributed by atoms with E-state index in [-0.39, 0.29) is 13.0 Å². The number of carboxylic acid groups (broad SMARTS) is 2. The molecular formula is C10H14N2O4. The number of carbonyl (C=O) groups is 2. The van der Waals surface area contributed by atoms with Gasteiger partial charge in [-0.1, -0.05) is 0 Å². The average Bonchev–Trinajstić information content (AvgIpc) is 2.68. The first-order chi connectivity index (χ1) is 7.59. The molecule has 88 valence electrons. The minimum absolute atomic E-state index is 0.146. The predicted octanol–water partition coefficient (Wildman–Crippen LogP) is 0.280. The molecule has 16 heavy (non-hydrogen) atoms. The first kappa shape index (κ1) is 12.3. The van der Waals surface area contributed by atoms with Gasteiger partial charge in [0.25, 0.3) is 0 Å². The number of aliphatic carboxylic acids is 2. The summed E-state index contributed by atoms with van der Waals surface area (Å²) in [7, 11) is 0. The highest BCUT2D eigenvalue weighted by Gasteiger charge is 2.20. The van der Waals surface area contributed by atoms with Crippen LogP contribution in [0.1, 0.15) is 12.0 Å². The van der Waals surface area contributed by atoms with E-state index in [1.807, 2.05) is 6.07 Å². The maximum atomic E-state index is 10.7. The Labute approximate surface area is 92.3 Å². The molecule has 0 aliphatic rings. The van der Waals surface area contributed by atoms with Crippen molar-refractivity contribution in [2.75, 3.05) is 6.54 Å². The van der Waals surface area contributed by atoms with Gasteiger partial charge in [0.15, 0.2) is 0 Å². The van der Waals surface area contributed by atoms with Gasteiger partial charge in [-0.3, -0.25) is 9.59 Å². The summed E-state index contributed by atoms with van der Waals surface area (Å²) in [4.78, 5) is 24.0. The SMILES string of the molecule is O=C(O)CC(CNCc1cc[nH]c1)C(=O)O. The number of carboxylic acids is 2. The molecule has 0 bridgehead atoms. The minimum Gasteiger partial charge on any atom is -0.481 e. The van der Waals surface area contributed by atoms with Crippen LogP contribution in [0.25, 0.3) is 0 Å². The van der Waals surface area contributed by atoms with Gasteiger partial charge >= 0.3 is 11.9 Å². The maximum Gasteiger partial charge on any atom is 0.308 e. The van der Waals surface area contributed by atoms with Crippen molar-refractivity contribution in [3.8, 4) is 0 Å². The zero-order valence-electron chi connectivity index (χ0n) is 8.64. The Bertz CT molecular complexity index is 348. The summed E-state index contributed by atoms with van der Waals surface area (Å²) in [6.45, 7) is 0.666. The summed E-state index contributed by atoms with van der Waals surface area (Å²) in [6.07, 6.45) is 3.19.